The van der Waals surface area contributed by atoms with E-state index in [-0.39, 0.29) is 12.5 Å². The minimum atomic E-state index is 0.0829. The number of carbonyl (C=O) groups is 1. The lowest BCUT2D eigenvalue weighted by Gasteiger charge is -2.13. The first kappa shape index (κ1) is 17.3. The fraction of sp³-hybridized carbons (Fsp3) is 0.647. The number of thioether (sulfide) groups is 1. The van der Waals surface area contributed by atoms with Gasteiger partial charge in [-0.3, -0.25) is 4.79 Å². The molecule has 1 amide bonds. The number of amides is 1. The molecule has 0 bridgehead atoms. The summed E-state index contributed by atoms with van der Waals surface area (Å²) in [5.74, 6) is 2.81. The fourth-order valence-corrected chi connectivity index (χ4v) is 3.60. The molecule has 5 heteroatoms. The molecule has 2 N–H and O–H groups in total. The number of anilines is 1. The molecule has 2 rings (SSSR count). The van der Waals surface area contributed by atoms with Crippen molar-refractivity contribution in [3.05, 3.63) is 23.9 Å². The molecule has 1 aromatic rings. The predicted octanol–water partition coefficient (Wildman–Crippen LogP) is 3.61. The zero-order chi connectivity index (χ0) is 15.6. The highest BCUT2D eigenvalue weighted by Gasteiger charge is 2.16. The summed E-state index contributed by atoms with van der Waals surface area (Å²) in [6.07, 6.45) is 9.85. The van der Waals surface area contributed by atoms with Gasteiger partial charge >= 0.3 is 0 Å². The molecule has 0 aliphatic heterocycles. The Morgan fingerprint density at radius 2 is 2.09 bits per heavy atom. The second-order valence-electron chi connectivity index (χ2n) is 5.94. The molecule has 1 aromatic heterocycles. The van der Waals surface area contributed by atoms with Crippen LogP contribution in [0.3, 0.4) is 0 Å². The van der Waals surface area contributed by atoms with Gasteiger partial charge in [0.2, 0.25) is 5.91 Å². The minimum absolute atomic E-state index is 0.0829. The Morgan fingerprint density at radius 1 is 1.32 bits per heavy atom. The molecule has 0 atom stereocenters. The van der Waals surface area contributed by atoms with Crippen molar-refractivity contribution in [1.82, 2.24) is 4.98 Å². The van der Waals surface area contributed by atoms with E-state index >= 15 is 0 Å². The van der Waals surface area contributed by atoms with Crippen LogP contribution < -0.4 is 5.32 Å². The Kier molecular flexibility index (Phi) is 7.74. The average molecular weight is 322 g/mol. The summed E-state index contributed by atoms with van der Waals surface area (Å²) in [6, 6.07) is 3.88. The predicted molar refractivity (Wildman–Crippen MR) is 91.9 cm³/mol. The standard InChI is InChI=1S/C17H26N2O2S/c20-9-10-22-13-15-7-8-18-16(11-15)19-17(21)12-14-5-3-1-2-4-6-14/h7-8,11,14,20H,1-6,9-10,12-13H2,(H,18,19,21). The normalized spacial score (nSPS) is 16.2. The molecule has 0 saturated heterocycles. The van der Waals surface area contributed by atoms with E-state index in [1.807, 2.05) is 12.1 Å². The highest BCUT2D eigenvalue weighted by molar-refractivity contribution is 7.98. The number of aliphatic hydroxyl groups excluding tert-OH is 1. The van der Waals surface area contributed by atoms with Crippen LogP contribution >= 0.6 is 11.8 Å². The number of nitrogens with zero attached hydrogens (tertiary/aromatic N) is 1. The molecular weight excluding hydrogens is 296 g/mol. The van der Waals surface area contributed by atoms with Crippen molar-refractivity contribution in [2.45, 2.75) is 50.7 Å². The third kappa shape index (κ3) is 6.36. The van der Waals surface area contributed by atoms with Gasteiger partial charge in [-0.05, 0) is 36.5 Å². The van der Waals surface area contributed by atoms with Gasteiger partial charge < -0.3 is 10.4 Å². The van der Waals surface area contributed by atoms with Gasteiger partial charge in [0.25, 0.3) is 0 Å². The van der Waals surface area contributed by atoms with E-state index in [0.717, 1.165) is 17.1 Å². The number of aromatic nitrogens is 1. The second kappa shape index (κ2) is 9.85. The number of nitrogens with one attached hydrogen (secondary N) is 1. The van der Waals surface area contributed by atoms with Crippen LogP contribution in [-0.2, 0) is 10.5 Å². The monoisotopic (exact) mass is 322 g/mol. The summed E-state index contributed by atoms with van der Waals surface area (Å²) < 4.78 is 0. The fourth-order valence-electron chi connectivity index (χ4n) is 2.91. The summed E-state index contributed by atoms with van der Waals surface area (Å²) in [5.41, 5.74) is 1.12. The summed E-state index contributed by atoms with van der Waals surface area (Å²) in [5, 5.41) is 11.7. The summed E-state index contributed by atoms with van der Waals surface area (Å²) in [6.45, 7) is 0.195. The summed E-state index contributed by atoms with van der Waals surface area (Å²) >= 11 is 1.67. The molecular formula is C17H26N2O2S. The first-order valence-corrected chi connectivity index (χ1v) is 9.37. The molecule has 4 nitrogen and oxygen atoms in total. The molecule has 22 heavy (non-hydrogen) atoms. The Hall–Kier alpha value is -1.07. The lowest BCUT2D eigenvalue weighted by atomic mass is 9.96. The zero-order valence-electron chi connectivity index (χ0n) is 13.1. The summed E-state index contributed by atoms with van der Waals surface area (Å²) in [4.78, 5) is 16.4. The number of rotatable bonds is 7. The van der Waals surface area contributed by atoms with Crippen molar-refractivity contribution in [2.24, 2.45) is 5.92 Å². The van der Waals surface area contributed by atoms with Crippen LogP contribution in [-0.4, -0.2) is 28.4 Å². The molecule has 122 valence electrons. The lowest BCUT2D eigenvalue weighted by Crippen LogP contribution is -2.17. The van der Waals surface area contributed by atoms with Crippen molar-refractivity contribution in [3.63, 3.8) is 0 Å². The number of pyridine rings is 1. The topological polar surface area (TPSA) is 62.2 Å². The Morgan fingerprint density at radius 3 is 2.82 bits per heavy atom. The SMILES string of the molecule is O=C(CC1CCCCCC1)Nc1cc(CSCCO)ccn1. The van der Waals surface area contributed by atoms with Crippen molar-refractivity contribution in [2.75, 3.05) is 17.7 Å². The van der Waals surface area contributed by atoms with Crippen LogP contribution in [0.15, 0.2) is 18.3 Å². The highest BCUT2D eigenvalue weighted by atomic mass is 32.2. The van der Waals surface area contributed by atoms with E-state index in [2.05, 4.69) is 10.3 Å². The molecule has 0 aromatic carbocycles. The molecule has 1 heterocycles. The molecule has 0 spiro atoms. The lowest BCUT2D eigenvalue weighted by molar-refractivity contribution is -0.117. The molecule has 1 fully saturated rings. The van der Waals surface area contributed by atoms with Crippen LogP contribution in [0.4, 0.5) is 5.82 Å². The van der Waals surface area contributed by atoms with E-state index in [1.54, 1.807) is 18.0 Å². The quantitative estimate of drug-likeness (QED) is 0.595. The molecule has 0 radical (unpaired) electrons. The van der Waals surface area contributed by atoms with Gasteiger partial charge in [0.15, 0.2) is 0 Å². The first-order chi connectivity index (χ1) is 10.8. The van der Waals surface area contributed by atoms with E-state index in [4.69, 9.17) is 5.11 Å². The van der Waals surface area contributed by atoms with Gasteiger partial charge in [-0.25, -0.2) is 4.98 Å². The van der Waals surface area contributed by atoms with Crippen molar-refractivity contribution in [1.29, 1.82) is 0 Å². The van der Waals surface area contributed by atoms with Crippen LogP contribution in [0, 0.1) is 5.92 Å². The maximum atomic E-state index is 12.2. The average Bonchev–Trinajstić information content (AvgIpc) is 2.76. The van der Waals surface area contributed by atoms with Gasteiger partial charge in [0, 0.05) is 24.1 Å². The number of carbonyl (C=O) groups excluding carboxylic acids is 1. The maximum absolute atomic E-state index is 12.2. The minimum Gasteiger partial charge on any atom is -0.396 e. The maximum Gasteiger partial charge on any atom is 0.225 e. The first-order valence-electron chi connectivity index (χ1n) is 8.21. The van der Waals surface area contributed by atoms with Crippen molar-refractivity contribution < 1.29 is 9.90 Å². The van der Waals surface area contributed by atoms with E-state index in [0.29, 0.717) is 18.2 Å². The third-order valence-corrected chi connectivity index (χ3v) is 5.05. The molecule has 1 aliphatic carbocycles. The van der Waals surface area contributed by atoms with Crippen molar-refractivity contribution in [3.8, 4) is 0 Å². The van der Waals surface area contributed by atoms with Crippen LogP contribution in [0.25, 0.3) is 0 Å². The molecule has 1 saturated carbocycles. The number of hydrogen-bond donors (Lipinski definition) is 2. The van der Waals surface area contributed by atoms with Crippen LogP contribution in [0.5, 0.6) is 0 Å². The molecule has 1 aliphatic rings. The van der Waals surface area contributed by atoms with Gasteiger partial charge in [-0.15, -0.1) is 0 Å². The Bertz CT molecular complexity index is 460. The second-order valence-corrected chi connectivity index (χ2v) is 7.04. The van der Waals surface area contributed by atoms with Gasteiger partial charge in [0.05, 0.1) is 6.61 Å². The van der Waals surface area contributed by atoms with Gasteiger partial charge in [-0.2, -0.15) is 11.8 Å². The van der Waals surface area contributed by atoms with Crippen LogP contribution in [0.1, 0.15) is 50.5 Å². The highest BCUT2D eigenvalue weighted by Crippen LogP contribution is 2.25. The Labute approximate surface area is 137 Å². The van der Waals surface area contributed by atoms with E-state index < -0.39 is 0 Å². The van der Waals surface area contributed by atoms with Crippen molar-refractivity contribution >= 4 is 23.5 Å². The third-order valence-electron chi connectivity index (χ3n) is 4.05. The Balaban J connectivity index is 1.81. The van der Waals surface area contributed by atoms with Gasteiger partial charge in [-0.1, -0.05) is 25.7 Å². The van der Waals surface area contributed by atoms with Crippen LogP contribution in [0.2, 0.25) is 0 Å². The smallest absolute Gasteiger partial charge is 0.225 e. The van der Waals surface area contributed by atoms with E-state index in [1.165, 1.54) is 38.5 Å². The number of hydrogen-bond acceptors (Lipinski definition) is 4. The molecule has 0 unspecified atom stereocenters. The van der Waals surface area contributed by atoms with Gasteiger partial charge in [0.1, 0.15) is 5.82 Å². The summed E-state index contributed by atoms with van der Waals surface area (Å²) in [7, 11) is 0. The number of aliphatic hydroxyl groups is 1. The van der Waals surface area contributed by atoms with E-state index in [9.17, 15) is 4.79 Å². The largest absolute Gasteiger partial charge is 0.396 e. The zero-order valence-corrected chi connectivity index (χ0v) is 13.9.